The molecule has 2 heteroatoms. The van der Waals surface area contributed by atoms with E-state index in [4.69, 9.17) is 0 Å². The summed E-state index contributed by atoms with van der Waals surface area (Å²) < 4.78 is 0. The van der Waals surface area contributed by atoms with E-state index in [9.17, 15) is 0 Å². The molecule has 0 radical (unpaired) electrons. The van der Waals surface area contributed by atoms with Crippen LogP contribution in [0.2, 0.25) is 0 Å². The topological polar surface area (TPSA) is 15.3 Å². The molecule has 1 N–H and O–H groups in total. The SMILES string of the molecule is CC.CN1CCCCCC12CCNC2. The number of nitrogens with zero attached hydrogens (tertiary/aromatic N) is 1. The monoisotopic (exact) mass is 198 g/mol. The molecule has 0 aromatic heterocycles. The molecule has 2 nitrogen and oxygen atoms in total. The first-order valence-corrected chi connectivity index (χ1v) is 6.25. The van der Waals surface area contributed by atoms with E-state index in [1.165, 1.54) is 51.7 Å². The summed E-state index contributed by atoms with van der Waals surface area (Å²) >= 11 is 0. The maximum Gasteiger partial charge on any atom is 0.0342 e. The molecule has 1 spiro atoms. The zero-order valence-electron chi connectivity index (χ0n) is 10.1. The highest BCUT2D eigenvalue weighted by atomic mass is 15.2. The van der Waals surface area contributed by atoms with Gasteiger partial charge in [-0.3, -0.25) is 4.90 Å². The third-order valence-electron chi connectivity index (χ3n) is 3.67. The molecule has 2 heterocycles. The second kappa shape index (κ2) is 5.72. The quantitative estimate of drug-likeness (QED) is 0.642. The lowest BCUT2D eigenvalue weighted by Gasteiger charge is -2.36. The lowest BCUT2D eigenvalue weighted by Crippen LogP contribution is -2.47. The second-order valence-corrected chi connectivity index (χ2v) is 4.38. The van der Waals surface area contributed by atoms with E-state index in [1.54, 1.807) is 0 Å². The van der Waals surface area contributed by atoms with Crippen LogP contribution in [0.5, 0.6) is 0 Å². The molecule has 2 aliphatic rings. The Morgan fingerprint density at radius 3 is 2.50 bits per heavy atom. The van der Waals surface area contributed by atoms with Gasteiger partial charge in [-0.2, -0.15) is 0 Å². The number of nitrogens with one attached hydrogen (secondary N) is 1. The molecular weight excluding hydrogens is 172 g/mol. The molecule has 0 aliphatic carbocycles. The molecule has 1 atom stereocenters. The van der Waals surface area contributed by atoms with Gasteiger partial charge < -0.3 is 5.32 Å². The molecule has 84 valence electrons. The standard InChI is InChI=1S/C10H20N2.C2H6/c1-12-8-4-2-3-5-10(12)6-7-11-9-10;1-2/h11H,2-9H2,1H3;1-2H3. The van der Waals surface area contributed by atoms with Crippen LogP contribution in [-0.4, -0.2) is 37.1 Å². The predicted molar refractivity (Wildman–Crippen MR) is 62.7 cm³/mol. The molecule has 0 aromatic carbocycles. The van der Waals surface area contributed by atoms with Crippen LogP contribution in [-0.2, 0) is 0 Å². The maximum absolute atomic E-state index is 3.50. The van der Waals surface area contributed by atoms with Crippen molar-refractivity contribution in [3.05, 3.63) is 0 Å². The van der Waals surface area contributed by atoms with Crippen LogP contribution < -0.4 is 5.32 Å². The summed E-state index contributed by atoms with van der Waals surface area (Å²) in [5.74, 6) is 0. The normalized spacial score (nSPS) is 33.6. The fourth-order valence-corrected chi connectivity index (χ4v) is 2.68. The highest BCUT2D eigenvalue weighted by Gasteiger charge is 2.37. The summed E-state index contributed by atoms with van der Waals surface area (Å²) in [7, 11) is 2.30. The van der Waals surface area contributed by atoms with Gasteiger partial charge in [0, 0.05) is 12.1 Å². The van der Waals surface area contributed by atoms with E-state index in [1.807, 2.05) is 13.8 Å². The van der Waals surface area contributed by atoms with Gasteiger partial charge in [0.25, 0.3) is 0 Å². The van der Waals surface area contributed by atoms with Gasteiger partial charge in [0.15, 0.2) is 0 Å². The Morgan fingerprint density at radius 2 is 1.86 bits per heavy atom. The van der Waals surface area contributed by atoms with Crippen LogP contribution in [0.25, 0.3) is 0 Å². The first-order valence-electron chi connectivity index (χ1n) is 6.25. The molecule has 2 fully saturated rings. The van der Waals surface area contributed by atoms with Crippen LogP contribution in [0.4, 0.5) is 0 Å². The van der Waals surface area contributed by atoms with Gasteiger partial charge in [-0.25, -0.2) is 0 Å². The zero-order valence-corrected chi connectivity index (χ0v) is 10.1. The third-order valence-corrected chi connectivity index (χ3v) is 3.67. The van der Waals surface area contributed by atoms with Crippen molar-refractivity contribution in [2.45, 2.75) is 51.5 Å². The van der Waals surface area contributed by atoms with E-state index in [2.05, 4.69) is 17.3 Å². The van der Waals surface area contributed by atoms with Gasteiger partial charge in [0.2, 0.25) is 0 Å². The molecular formula is C12H26N2. The van der Waals surface area contributed by atoms with Crippen molar-refractivity contribution in [3.63, 3.8) is 0 Å². The second-order valence-electron chi connectivity index (χ2n) is 4.38. The van der Waals surface area contributed by atoms with Crippen LogP contribution in [0.1, 0.15) is 46.0 Å². The minimum atomic E-state index is 0.538. The molecule has 0 amide bonds. The average Bonchev–Trinajstić information content (AvgIpc) is 2.62. The summed E-state index contributed by atoms with van der Waals surface area (Å²) in [5.41, 5.74) is 0.538. The Morgan fingerprint density at radius 1 is 1.07 bits per heavy atom. The first-order chi connectivity index (χ1) is 6.83. The molecule has 1 unspecified atom stereocenters. The number of likely N-dealkylation sites (tertiary alicyclic amines) is 1. The summed E-state index contributed by atoms with van der Waals surface area (Å²) in [6.45, 7) is 7.76. The summed E-state index contributed by atoms with van der Waals surface area (Å²) in [5, 5.41) is 3.50. The van der Waals surface area contributed by atoms with Crippen LogP contribution in [0.15, 0.2) is 0 Å². The van der Waals surface area contributed by atoms with E-state index < -0.39 is 0 Å². The van der Waals surface area contributed by atoms with Gasteiger partial charge in [0.05, 0.1) is 0 Å². The van der Waals surface area contributed by atoms with Crippen LogP contribution >= 0.6 is 0 Å². The van der Waals surface area contributed by atoms with Crippen molar-refractivity contribution < 1.29 is 0 Å². The van der Waals surface area contributed by atoms with E-state index >= 15 is 0 Å². The smallest absolute Gasteiger partial charge is 0.0342 e. The highest BCUT2D eigenvalue weighted by Crippen LogP contribution is 2.30. The molecule has 0 saturated carbocycles. The number of likely N-dealkylation sites (N-methyl/N-ethyl adjacent to an activating group) is 1. The summed E-state index contributed by atoms with van der Waals surface area (Å²) in [6.07, 6.45) is 7.05. The third kappa shape index (κ3) is 2.48. The summed E-state index contributed by atoms with van der Waals surface area (Å²) in [4.78, 5) is 2.60. The molecule has 0 bridgehead atoms. The van der Waals surface area contributed by atoms with Crippen molar-refractivity contribution in [2.75, 3.05) is 26.7 Å². The van der Waals surface area contributed by atoms with Crippen molar-refractivity contribution in [1.82, 2.24) is 10.2 Å². The fraction of sp³-hybridized carbons (Fsp3) is 1.00. The Hall–Kier alpha value is -0.0800. The molecule has 2 saturated heterocycles. The Balaban J connectivity index is 0.000000461. The van der Waals surface area contributed by atoms with Crippen molar-refractivity contribution in [3.8, 4) is 0 Å². The number of hydrogen-bond acceptors (Lipinski definition) is 2. The van der Waals surface area contributed by atoms with E-state index in [0.717, 1.165) is 0 Å². The van der Waals surface area contributed by atoms with Crippen molar-refractivity contribution >= 4 is 0 Å². The van der Waals surface area contributed by atoms with Gasteiger partial charge in [-0.05, 0) is 39.4 Å². The first kappa shape index (κ1) is 12.0. The minimum absolute atomic E-state index is 0.538. The van der Waals surface area contributed by atoms with Gasteiger partial charge >= 0.3 is 0 Å². The molecule has 2 rings (SSSR count). The van der Waals surface area contributed by atoms with Crippen molar-refractivity contribution in [1.29, 1.82) is 0 Å². The van der Waals surface area contributed by atoms with E-state index in [0.29, 0.717) is 5.54 Å². The molecule has 2 aliphatic heterocycles. The van der Waals surface area contributed by atoms with Gasteiger partial charge in [0.1, 0.15) is 0 Å². The maximum atomic E-state index is 3.50. The zero-order chi connectivity index (χ0) is 10.4. The Labute approximate surface area is 89.1 Å². The number of rotatable bonds is 0. The van der Waals surface area contributed by atoms with Crippen molar-refractivity contribution in [2.24, 2.45) is 0 Å². The molecule has 0 aromatic rings. The Bertz CT molecular complexity index is 150. The Kier molecular flexibility index (Phi) is 4.90. The predicted octanol–water partition coefficient (Wildman–Crippen LogP) is 2.25. The van der Waals surface area contributed by atoms with Gasteiger partial charge in [-0.15, -0.1) is 0 Å². The van der Waals surface area contributed by atoms with E-state index in [-0.39, 0.29) is 0 Å². The molecule has 14 heavy (non-hydrogen) atoms. The summed E-state index contributed by atoms with van der Waals surface area (Å²) in [6, 6.07) is 0. The minimum Gasteiger partial charge on any atom is -0.315 e. The average molecular weight is 198 g/mol. The highest BCUT2D eigenvalue weighted by molar-refractivity contribution is 4.97. The lowest BCUT2D eigenvalue weighted by molar-refractivity contribution is 0.140. The number of hydrogen-bond donors (Lipinski definition) is 1. The lowest BCUT2D eigenvalue weighted by atomic mass is 9.91. The largest absolute Gasteiger partial charge is 0.315 e. The van der Waals surface area contributed by atoms with Gasteiger partial charge in [-0.1, -0.05) is 26.7 Å². The van der Waals surface area contributed by atoms with Crippen LogP contribution in [0, 0.1) is 0 Å². The fourth-order valence-electron chi connectivity index (χ4n) is 2.68. The van der Waals surface area contributed by atoms with Crippen LogP contribution in [0.3, 0.4) is 0 Å².